The number of aliphatic hydroxyl groups is 1. The van der Waals surface area contributed by atoms with Crippen molar-refractivity contribution in [3.05, 3.63) is 58.4 Å². The van der Waals surface area contributed by atoms with Gasteiger partial charge < -0.3 is 9.84 Å². The van der Waals surface area contributed by atoms with Crippen LogP contribution in [0.1, 0.15) is 53.6 Å². The Morgan fingerprint density at radius 1 is 1.15 bits per heavy atom. The number of aromatic nitrogens is 1. The Hall–Kier alpha value is -1.91. The maximum atomic E-state index is 13.2. The highest BCUT2D eigenvalue weighted by molar-refractivity contribution is 6.29. The van der Waals surface area contributed by atoms with Crippen LogP contribution in [0.15, 0.2) is 36.5 Å². The number of benzene rings is 1. The standard InChI is InChI=1S/C22H24ClNO3/c23-20-11-8-14(13-24-20)12-16-10-9-15-4-3-7-19(21(15)22(16)26)27-18-6-2-1-5-17(18)25/h3-4,7-8,11,13,16-18,25H,1-2,5-6,9-10,12H2/t16?,17-,18-/m0/s1. The number of ether oxygens (including phenoxy) is 1. The second kappa shape index (κ2) is 7.99. The minimum absolute atomic E-state index is 0.0819. The molecule has 0 bridgehead atoms. The summed E-state index contributed by atoms with van der Waals surface area (Å²) >= 11 is 5.86. The molecular formula is C22H24ClNO3. The smallest absolute Gasteiger partial charge is 0.170 e. The van der Waals surface area contributed by atoms with Crippen LogP contribution >= 0.6 is 11.6 Å². The highest BCUT2D eigenvalue weighted by atomic mass is 35.5. The maximum Gasteiger partial charge on any atom is 0.170 e. The van der Waals surface area contributed by atoms with E-state index in [2.05, 4.69) is 4.98 Å². The lowest BCUT2D eigenvalue weighted by molar-refractivity contribution is 0.00627. The first-order valence-electron chi connectivity index (χ1n) is 9.73. The van der Waals surface area contributed by atoms with Gasteiger partial charge in [0.15, 0.2) is 5.78 Å². The summed E-state index contributed by atoms with van der Waals surface area (Å²) in [6.07, 6.45) is 7.08. The number of aryl methyl sites for hydroxylation is 1. The summed E-state index contributed by atoms with van der Waals surface area (Å²) in [6, 6.07) is 9.51. The fraction of sp³-hybridized carbons (Fsp3) is 0.455. The van der Waals surface area contributed by atoms with E-state index in [-0.39, 0.29) is 17.8 Å². The number of carbonyl (C=O) groups is 1. The van der Waals surface area contributed by atoms with Gasteiger partial charge in [-0.25, -0.2) is 4.98 Å². The van der Waals surface area contributed by atoms with Gasteiger partial charge in [-0.15, -0.1) is 0 Å². The first-order valence-corrected chi connectivity index (χ1v) is 10.1. The zero-order chi connectivity index (χ0) is 18.8. The molecule has 1 saturated carbocycles. The number of carbonyl (C=O) groups excluding carboxylic acids is 1. The van der Waals surface area contributed by atoms with E-state index >= 15 is 0 Å². The molecule has 1 heterocycles. The number of Topliss-reactive ketones (excluding diaryl/α,β-unsaturated/α-hetero) is 1. The van der Waals surface area contributed by atoms with Gasteiger partial charge >= 0.3 is 0 Å². The fourth-order valence-corrected chi connectivity index (χ4v) is 4.32. The van der Waals surface area contributed by atoms with Crippen LogP contribution < -0.4 is 4.74 Å². The molecule has 1 fully saturated rings. The molecule has 0 aliphatic heterocycles. The number of halogens is 1. The van der Waals surface area contributed by atoms with Crippen LogP contribution in [0.5, 0.6) is 5.75 Å². The van der Waals surface area contributed by atoms with Crippen molar-refractivity contribution in [2.24, 2.45) is 5.92 Å². The van der Waals surface area contributed by atoms with Gasteiger partial charge in [0.25, 0.3) is 0 Å². The first kappa shape index (κ1) is 18.5. The van der Waals surface area contributed by atoms with E-state index in [0.29, 0.717) is 22.9 Å². The normalized spacial score (nSPS) is 25.1. The zero-order valence-electron chi connectivity index (χ0n) is 15.2. The summed E-state index contributed by atoms with van der Waals surface area (Å²) in [5, 5.41) is 10.7. The number of hydrogen-bond acceptors (Lipinski definition) is 4. The third-order valence-electron chi connectivity index (χ3n) is 5.71. The van der Waals surface area contributed by atoms with Crippen molar-refractivity contribution in [3.8, 4) is 5.75 Å². The molecule has 1 N–H and O–H groups in total. The average molecular weight is 386 g/mol. The Balaban J connectivity index is 1.56. The summed E-state index contributed by atoms with van der Waals surface area (Å²) in [6.45, 7) is 0. The SMILES string of the molecule is O=C1c2c(cccc2O[C@H]2CCCC[C@@H]2O)CCC1Cc1ccc(Cl)nc1. The largest absolute Gasteiger partial charge is 0.487 e. The van der Waals surface area contributed by atoms with Gasteiger partial charge in [-0.3, -0.25) is 4.79 Å². The van der Waals surface area contributed by atoms with Gasteiger partial charge in [-0.1, -0.05) is 36.2 Å². The molecule has 0 spiro atoms. The van der Waals surface area contributed by atoms with Crippen LogP contribution in [0.4, 0.5) is 0 Å². The number of rotatable bonds is 4. The predicted molar refractivity (Wildman–Crippen MR) is 104 cm³/mol. The molecule has 2 aromatic rings. The van der Waals surface area contributed by atoms with Crippen molar-refractivity contribution >= 4 is 17.4 Å². The molecule has 0 saturated heterocycles. The van der Waals surface area contributed by atoms with Crippen LogP contribution in [-0.4, -0.2) is 28.1 Å². The second-order valence-electron chi connectivity index (χ2n) is 7.59. The molecule has 2 aliphatic carbocycles. The minimum atomic E-state index is -0.454. The summed E-state index contributed by atoms with van der Waals surface area (Å²) < 4.78 is 6.15. The van der Waals surface area contributed by atoms with E-state index in [1.807, 2.05) is 24.3 Å². The Morgan fingerprint density at radius 2 is 2.00 bits per heavy atom. The number of aliphatic hydroxyl groups excluding tert-OH is 1. The van der Waals surface area contributed by atoms with Crippen molar-refractivity contribution in [1.29, 1.82) is 0 Å². The highest BCUT2D eigenvalue weighted by Crippen LogP contribution is 2.35. The number of pyridine rings is 1. The molecule has 0 amide bonds. The summed E-state index contributed by atoms with van der Waals surface area (Å²) in [7, 11) is 0. The Bertz CT molecular complexity index is 821. The Morgan fingerprint density at radius 3 is 2.78 bits per heavy atom. The van der Waals surface area contributed by atoms with E-state index in [9.17, 15) is 9.90 Å². The van der Waals surface area contributed by atoms with Crippen LogP contribution in [0.3, 0.4) is 0 Å². The molecule has 3 atom stereocenters. The third-order valence-corrected chi connectivity index (χ3v) is 5.93. The quantitative estimate of drug-likeness (QED) is 0.792. The van der Waals surface area contributed by atoms with Crippen LogP contribution in [0, 0.1) is 5.92 Å². The lowest BCUT2D eigenvalue weighted by Crippen LogP contribution is -2.35. The Labute approximate surface area is 164 Å². The molecule has 142 valence electrons. The zero-order valence-corrected chi connectivity index (χ0v) is 16.0. The second-order valence-corrected chi connectivity index (χ2v) is 7.98. The number of nitrogens with zero attached hydrogens (tertiary/aromatic N) is 1. The van der Waals surface area contributed by atoms with E-state index in [1.165, 1.54) is 0 Å². The number of ketones is 1. The predicted octanol–water partition coefficient (Wildman–Crippen LogP) is 4.41. The average Bonchev–Trinajstić information content (AvgIpc) is 2.68. The van der Waals surface area contributed by atoms with Crippen molar-refractivity contribution in [3.63, 3.8) is 0 Å². The van der Waals surface area contributed by atoms with Crippen molar-refractivity contribution in [1.82, 2.24) is 4.98 Å². The molecule has 1 aromatic carbocycles. The van der Waals surface area contributed by atoms with Crippen molar-refractivity contribution < 1.29 is 14.6 Å². The van der Waals surface area contributed by atoms with Crippen molar-refractivity contribution in [2.75, 3.05) is 0 Å². The lowest BCUT2D eigenvalue weighted by atomic mass is 9.79. The van der Waals surface area contributed by atoms with E-state index in [0.717, 1.165) is 49.7 Å². The molecule has 27 heavy (non-hydrogen) atoms. The monoisotopic (exact) mass is 385 g/mol. The fourth-order valence-electron chi connectivity index (χ4n) is 4.21. The van der Waals surface area contributed by atoms with Gasteiger partial charge in [0.1, 0.15) is 17.0 Å². The molecule has 2 aliphatic rings. The molecule has 4 rings (SSSR count). The van der Waals surface area contributed by atoms with Gasteiger partial charge in [-0.2, -0.15) is 0 Å². The number of fused-ring (bicyclic) bond motifs is 1. The van der Waals surface area contributed by atoms with Gasteiger partial charge in [0.2, 0.25) is 0 Å². The van der Waals surface area contributed by atoms with Gasteiger partial charge in [-0.05, 0) is 61.8 Å². The minimum Gasteiger partial charge on any atom is -0.487 e. The molecule has 1 aromatic heterocycles. The van der Waals surface area contributed by atoms with Gasteiger partial charge in [0.05, 0.1) is 11.7 Å². The van der Waals surface area contributed by atoms with E-state index < -0.39 is 6.10 Å². The molecule has 4 nitrogen and oxygen atoms in total. The topological polar surface area (TPSA) is 59.4 Å². The molecular weight excluding hydrogens is 362 g/mol. The summed E-state index contributed by atoms with van der Waals surface area (Å²) in [5.74, 6) is 0.677. The van der Waals surface area contributed by atoms with Gasteiger partial charge in [0, 0.05) is 12.1 Å². The highest BCUT2D eigenvalue weighted by Gasteiger charge is 2.32. The lowest BCUT2D eigenvalue weighted by Gasteiger charge is -2.31. The molecule has 0 radical (unpaired) electrons. The van der Waals surface area contributed by atoms with E-state index in [4.69, 9.17) is 16.3 Å². The first-order chi connectivity index (χ1) is 13.1. The Kier molecular flexibility index (Phi) is 5.46. The maximum absolute atomic E-state index is 13.2. The summed E-state index contributed by atoms with van der Waals surface area (Å²) in [4.78, 5) is 17.4. The summed E-state index contributed by atoms with van der Waals surface area (Å²) in [5.41, 5.74) is 2.77. The van der Waals surface area contributed by atoms with Crippen LogP contribution in [0.25, 0.3) is 0 Å². The van der Waals surface area contributed by atoms with E-state index in [1.54, 1.807) is 12.3 Å². The van der Waals surface area contributed by atoms with Crippen LogP contribution in [-0.2, 0) is 12.8 Å². The number of hydrogen-bond donors (Lipinski definition) is 1. The molecule has 5 heteroatoms. The van der Waals surface area contributed by atoms with Crippen molar-refractivity contribution in [2.45, 2.75) is 57.2 Å². The van der Waals surface area contributed by atoms with Crippen LogP contribution in [0.2, 0.25) is 5.15 Å². The molecule has 1 unspecified atom stereocenters. The third kappa shape index (κ3) is 4.02.